The Morgan fingerprint density at radius 1 is 1.14 bits per heavy atom. The van der Waals surface area contributed by atoms with Crippen LogP contribution in [0.15, 0.2) is 63.2 Å². The number of benzene rings is 1. The number of thioether (sulfide) groups is 1. The molecular formula is C21H15NO4S3. The highest BCUT2D eigenvalue weighted by Gasteiger charge is 2.35. The zero-order chi connectivity index (χ0) is 20.5. The van der Waals surface area contributed by atoms with Crippen molar-refractivity contribution in [2.24, 2.45) is 0 Å². The maximum atomic E-state index is 12.9. The smallest absolute Gasteiger partial charge is 0.337 e. The van der Waals surface area contributed by atoms with Gasteiger partial charge in [0.2, 0.25) is 0 Å². The molecule has 3 heterocycles. The molecule has 1 aliphatic rings. The van der Waals surface area contributed by atoms with Gasteiger partial charge in [0.15, 0.2) is 4.32 Å². The van der Waals surface area contributed by atoms with Gasteiger partial charge in [-0.25, -0.2) is 4.79 Å². The standard InChI is InChI=1S/C21H15NO4S3/c1-12(18-19(23)22(21(27)29-18)17-4-3-11-28-17)15-9-10-16(26-15)13-5-7-14(8-6-13)20(24)25-2/h3-11H,1-2H3. The Labute approximate surface area is 181 Å². The van der Waals surface area contributed by atoms with E-state index in [1.54, 1.807) is 29.2 Å². The highest BCUT2D eigenvalue weighted by Crippen LogP contribution is 2.41. The molecule has 2 aromatic heterocycles. The van der Waals surface area contributed by atoms with Gasteiger partial charge in [0, 0.05) is 11.1 Å². The summed E-state index contributed by atoms with van der Waals surface area (Å²) < 4.78 is 11.2. The number of methoxy groups -OCH3 is 1. The Hall–Kier alpha value is -2.68. The van der Waals surface area contributed by atoms with E-state index >= 15 is 0 Å². The van der Waals surface area contributed by atoms with Gasteiger partial charge in [-0.2, -0.15) is 0 Å². The monoisotopic (exact) mass is 441 g/mol. The van der Waals surface area contributed by atoms with Crippen molar-refractivity contribution in [3.05, 3.63) is 70.1 Å². The number of amides is 1. The number of hydrogen-bond donors (Lipinski definition) is 0. The quantitative estimate of drug-likeness (QED) is 0.299. The summed E-state index contributed by atoms with van der Waals surface area (Å²) in [7, 11) is 1.35. The van der Waals surface area contributed by atoms with Crippen molar-refractivity contribution in [2.75, 3.05) is 12.0 Å². The first kappa shape index (κ1) is 19.6. The number of thiocarbonyl (C=S) groups is 1. The summed E-state index contributed by atoms with van der Waals surface area (Å²) in [5.41, 5.74) is 2.03. The van der Waals surface area contributed by atoms with E-state index in [9.17, 15) is 9.59 Å². The summed E-state index contributed by atoms with van der Waals surface area (Å²) >= 11 is 8.16. The molecule has 0 unspecified atom stereocenters. The van der Waals surface area contributed by atoms with E-state index in [1.165, 1.54) is 30.2 Å². The molecule has 0 radical (unpaired) electrons. The molecule has 1 amide bonds. The third kappa shape index (κ3) is 3.66. The average Bonchev–Trinajstić information content (AvgIpc) is 3.48. The minimum Gasteiger partial charge on any atom is -0.465 e. The maximum Gasteiger partial charge on any atom is 0.337 e. The summed E-state index contributed by atoms with van der Waals surface area (Å²) in [6, 6.07) is 14.4. The number of carbonyl (C=O) groups excluding carboxylic acids is 2. The predicted octanol–water partition coefficient (Wildman–Crippen LogP) is 5.59. The maximum absolute atomic E-state index is 12.9. The van der Waals surface area contributed by atoms with Crippen LogP contribution in [0.25, 0.3) is 16.9 Å². The Morgan fingerprint density at radius 2 is 1.90 bits per heavy atom. The molecule has 0 bridgehead atoms. The Balaban J connectivity index is 1.61. The number of rotatable bonds is 4. The normalized spacial score (nSPS) is 15.7. The number of thiophene rings is 1. The molecule has 1 aromatic carbocycles. The van der Waals surface area contributed by atoms with Crippen LogP contribution < -0.4 is 4.90 Å². The van der Waals surface area contributed by atoms with Crippen LogP contribution in [0.4, 0.5) is 5.00 Å². The van der Waals surface area contributed by atoms with Gasteiger partial charge in [-0.15, -0.1) is 11.3 Å². The Bertz CT molecular complexity index is 1130. The van der Waals surface area contributed by atoms with Crippen molar-refractivity contribution in [1.82, 2.24) is 0 Å². The van der Waals surface area contributed by atoms with Crippen LogP contribution in [0.2, 0.25) is 0 Å². The van der Waals surface area contributed by atoms with E-state index < -0.39 is 0 Å². The molecule has 1 saturated heterocycles. The van der Waals surface area contributed by atoms with Gasteiger partial charge in [0.25, 0.3) is 5.91 Å². The van der Waals surface area contributed by atoms with Crippen molar-refractivity contribution in [3.63, 3.8) is 0 Å². The summed E-state index contributed by atoms with van der Waals surface area (Å²) in [4.78, 5) is 26.6. The fourth-order valence-electron chi connectivity index (χ4n) is 2.88. The molecule has 29 heavy (non-hydrogen) atoms. The summed E-state index contributed by atoms with van der Waals surface area (Å²) in [5.74, 6) is 0.717. The van der Waals surface area contributed by atoms with E-state index in [-0.39, 0.29) is 11.9 Å². The molecule has 4 rings (SSSR count). The summed E-state index contributed by atoms with van der Waals surface area (Å²) in [6.07, 6.45) is 0. The molecular weight excluding hydrogens is 426 g/mol. The predicted molar refractivity (Wildman–Crippen MR) is 120 cm³/mol. The number of nitrogens with zero attached hydrogens (tertiary/aromatic N) is 1. The summed E-state index contributed by atoms with van der Waals surface area (Å²) in [5, 5.41) is 2.72. The van der Waals surface area contributed by atoms with E-state index in [0.717, 1.165) is 16.1 Å². The lowest BCUT2D eigenvalue weighted by Crippen LogP contribution is -2.26. The van der Waals surface area contributed by atoms with Gasteiger partial charge in [-0.1, -0.05) is 36.1 Å². The van der Waals surface area contributed by atoms with Gasteiger partial charge < -0.3 is 9.15 Å². The lowest BCUT2D eigenvalue weighted by atomic mass is 10.1. The molecule has 0 atom stereocenters. The number of anilines is 1. The fraction of sp³-hybridized carbons (Fsp3) is 0.0952. The minimum atomic E-state index is -0.389. The second kappa shape index (κ2) is 7.98. The SMILES string of the molecule is COC(=O)c1ccc(-c2ccc(C(C)=C3SC(=S)N(c4cccs4)C3=O)o2)cc1. The number of hydrogen-bond acceptors (Lipinski definition) is 7. The third-order valence-corrected chi connectivity index (χ3v) is 6.73. The van der Waals surface area contributed by atoms with Gasteiger partial charge in [0.1, 0.15) is 16.5 Å². The van der Waals surface area contributed by atoms with Crippen LogP contribution in [0.3, 0.4) is 0 Å². The average molecular weight is 442 g/mol. The molecule has 8 heteroatoms. The van der Waals surface area contributed by atoms with E-state index in [2.05, 4.69) is 0 Å². The largest absolute Gasteiger partial charge is 0.465 e. The molecule has 3 aromatic rings. The lowest BCUT2D eigenvalue weighted by Gasteiger charge is -2.11. The molecule has 0 saturated carbocycles. The zero-order valence-electron chi connectivity index (χ0n) is 15.5. The van der Waals surface area contributed by atoms with Crippen LogP contribution in [-0.2, 0) is 9.53 Å². The number of furan rings is 1. The highest BCUT2D eigenvalue weighted by atomic mass is 32.2. The number of ether oxygens (including phenoxy) is 1. The molecule has 0 N–H and O–H groups in total. The van der Waals surface area contributed by atoms with Crippen LogP contribution in [-0.4, -0.2) is 23.3 Å². The zero-order valence-corrected chi connectivity index (χ0v) is 18.0. The number of carbonyl (C=O) groups is 2. The number of allylic oxidation sites excluding steroid dienone is 1. The van der Waals surface area contributed by atoms with Crippen molar-refractivity contribution in [2.45, 2.75) is 6.92 Å². The highest BCUT2D eigenvalue weighted by molar-refractivity contribution is 8.27. The van der Waals surface area contributed by atoms with Crippen molar-refractivity contribution in [1.29, 1.82) is 0 Å². The molecule has 1 fully saturated rings. The van der Waals surface area contributed by atoms with Crippen molar-refractivity contribution in [3.8, 4) is 11.3 Å². The Morgan fingerprint density at radius 3 is 2.55 bits per heavy atom. The first-order valence-electron chi connectivity index (χ1n) is 8.59. The van der Waals surface area contributed by atoms with Crippen molar-refractivity contribution >= 4 is 62.1 Å². The van der Waals surface area contributed by atoms with E-state index in [0.29, 0.717) is 26.3 Å². The number of esters is 1. The molecule has 0 spiro atoms. The van der Waals surface area contributed by atoms with Gasteiger partial charge in [-0.3, -0.25) is 9.69 Å². The van der Waals surface area contributed by atoms with Crippen LogP contribution >= 0.6 is 35.3 Å². The van der Waals surface area contributed by atoms with Gasteiger partial charge in [-0.05, 0) is 48.7 Å². The van der Waals surface area contributed by atoms with E-state index in [1.807, 2.05) is 36.6 Å². The molecule has 5 nitrogen and oxygen atoms in total. The van der Waals surface area contributed by atoms with Crippen molar-refractivity contribution < 1.29 is 18.7 Å². The fourth-order valence-corrected chi connectivity index (χ4v) is 5.04. The van der Waals surface area contributed by atoms with E-state index in [4.69, 9.17) is 21.4 Å². The lowest BCUT2D eigenvalue weighted by molar-refractivity contribution is -0.113. The second-order valence-corrected chi connectivity index (χ2v) is 8.72. The first-order valence-corrected chi connectivity index (χ1v) is 10.7. The molecule has 1 aliphatic heterocycles. The summed E-state index contributed by atoms with van der Waals surface area (Å²) in [6.45, 7) is 1.85. The minimum absolute atomic E-state index is 0.139. The van der Waals surface area contributed by atoms with Gasteiger partial charge >= 0.3 is 5.97 Å². The van der Waals surface area contributed by atoms with Crippen LogP contribution in [0.5, 0.6) is 0 Å². The molecule has 146 valence electrons. The molecule has 0 aliphatic carbocycles. The third-order valence-electron chi connectivity index (χ3n) is 4.40. The van der Waals surface area contributed by atoms with Crippen LogP contribution in [0.1, 0.15) is 23.0 Å². The topological polar surface area (TPSA) is 59.8 Å². The van der Waals surface area contributed by atoms with Crippen LogP contribution in [0, 0.1) is 0 Å². The first-order chi connectivity index (χ1) is 14.0. The Kier molecular flexibility index (Phi) is 5.40. The second-order valence-electron chi connectivity index (χ2n) is 6.15. The van der Waals surface area contributed by atoms with Gasteiger partial charge in [0.05, 0.1) is 17.6 Å².